The number of hydrogen-bond acceptors (Lipinski definition) is 3. The fraction of sp³-hybridized carbons (Fsp3) is 0.647. The molecule has 0 saturated carbocycles. The van der Waals surface area contributed by atoms with Gasteiger partial charge in [0.05, 0.1) is 12.2 Å². The molecule has 1 amide bonds. The van der Waals surface area contributed by atoms with Crippen molar-refractivity contribution in [2.75, 3.05) is 19.7 Å². The Morgan fingerprint density at radius 1 is 1.36 bits per heavy atom. The molecule has 0 spiro atoms. The Bertz CT molecular complexity index is 587. The van der Waals surface area contributed by atoms with Crippen LogP contribution in [0.2, 0.25) is 0 Å². The molecule has 0 bridgehead atoms. The highest BCUT2D eigenvalue weighted by Gasteiger charge is 2.32. The highest BCUT2D eigenvalue weighted by Crippen LogP contribution is 2.25. The van der Waals surface area contributed by atoms with E-state index in [0.29, 0.717) is 31.0 Å². The second-order valence-electron chi connectivity index (χ2n) is 6.62. The van der Waals surface area contributed by atoms with Gasteiger partial charge in [-0.2, -0.15) is 0 Å². The minimum Gasteiger partial charge on any atom is -0.372 e. The summed E-state index contributed by atoms with van der Waals surface area (Å²) in [4.78, 5) is 29.8. The van der Waals surface area contributed by atoms with Gasteiger partial charge >= 0.3 is 0 Å². The van der Waals surface area contributed by atoms with E-state index in [1.807, 2.05) is 25.7 Å². The van der Waals surface area contributed by atoms with Crippen LogP contribution in [0.25, 0.3) is 0 Å². The van der Waals surface area contributed by atoms with Crippen LogP contribution in [0.15, 0.2) is 0 Å². The van der Waals surface area contributed by atoms with E-state index in [9.17, 15) is 9.59 Å². The Labute approximate surface area is 132 Å². The average Bonchev–Trinajstić information content (AvgIpc) is 2.74. The minimum atomic E-state index is -0.329. The summed E-state index contributed by atoms with van der Waals surface area (Å²) in [5.41, 5.74) is 2.57. The van der Waals surface area contributed by atoms with Gasteiger partial charge in [-0.3, -0.25) is 9.59 Å². The number of rotatable bonds is 4. The third kappa shape index (κ3) is 3.24. The van der Waals surface area contributed by atoms with Crippen molar-refractivity contribution in [2.24, 2.45) is 0 Å². The van der Waals surface area contributed by atoms with Crippen molar-refractivity contribution < 1.29 is 14.3 Å². The number of ether oxygens (including phenoxy) is 1. The van der Waals surface area contributed by atoms with Gasteiger partial charge < -0.3 is 14.6 Å². The summed E-state index contributed by atoms with van der Waals surface area (Å²) in [7, 11) is 0. The molecule has 0 aliphatic carbocycles. The molecular weight excluding hydrogens is 280 g/mol. The van der Waals surface area contributed by atoms with Crippen LogP contribution in [0.1, 0.15) is 66.2 Å². The van der Waals surface area contributed by atoms with Crippen LogP contribution in [-0.2, 0) is 11.2 Å². The van der Waals surface area contributed by atoms with Crippen molar-refractivity contribution in [3.05, 3.63) is 22.5 Å². The quantitative estimate of drug-likeness (QED) is 0.870. The smallest absolute Gasteiger partial charge is 0.270 e. The highest BCUT2D eigenvalue weighted by molar-refractivity contribution is 6.02. The van der Waals surface area contributed by atoms with Crippen molar-refractivity contribution in [2.45, 2.75) is 53.1 Å². The van der Waals surface area contributed by atoms with E-state index in [1.165, 1.54) is 0 Å². The number of Topliss-reactive ketones (excluding diaryl/α,β-unsaturated/α-hetero) is 1. The summed E-state index contributed by atoms with van der Waals surface area (Å²) < 4.78 is 5.67. The maximum Gasteiger partial charge on any atom is 0.270 e. The van der Waals surface area contributed by atoms with Gasteiger partial charge in [0, 0.05) is 24.3 Å². The Kier molecular flexibility index (Phi) is 4.75. The molecule has 0 aromatic carbocycles. The van der Waals surface area contributed by atoms with Crippen LogP contribution in [0.3, 0.4) is 0 Å². The van der Waals surface area contributed by atoms with E-state index in [1.54, 1.807) is 6.92 Å². The normalized spacial score (nSPS) is 17.6. The molecule has 0 atom stereocenters. The Hall–Kier alpha value is -1.62. The van der Waals surface area contributed by atoms with E-state index in [2.05, 4.69) is 11.9 Å². The van der Waals surface area contributed by atoms with Gasteiger partial charge in [-0.25, -0.2) is 0 Å². The number of morpholine rings is 1. The molecule has 1 aliphatic rings. The monoisotopic (exact) mass is 306 g/mol. The molecule has 2 heterocycles. The number of aryl methyl sites for hydroxylation is 1. The zero-order chi connectivity index (χ0) is 16.5. The number of ketones is 1. The summed E-state index contributed by atoms with van der Waals surface area (Å²) in [5.74, 6) is -0.0195. The summed E-state index contributed by atoms with van der Waals surface area (Å²) in [6, 6.07) is 0. The lowest BCUT2D eigenvalue weighted by Gasteiger charge is -2.38. The summed E-state index contributed by atoms with van der Waals surface area (Å²) >= 11 is 0. The molecule has 1 aromatic rings. The molecule has 1 saturated heterocycles. The molecule has 5 heteroatoms. The molecular formula is C17H26N2O3. The first kappa shape index (κ1) is 16.7. The third-order valence-corrected chi connectivity index (χ3v) is 4.07. The summed E-state index contributed by atoms with van der Waals surface area (Å²) in [6.07, 6.45) is 1.63. The molecule has 0 radical (unpaired) electrons. The third-order valence-electron chi connectivity index (χ3n) is 4.07. The van der Waals surface area contributed by atoms with Gasteiger partial charge in [-0.15, -0.1) is 0 Å². The van der Waals surface area contributed by atoms with Gasteiger partial charge in [0.2, 0.25) is 0 Å². The van der Waals surface area contributed by atoms with Crippen molar-refractivity contribution in [3.8, 4) is 0 Å². The number of amides is 1. The fourth-order valence-corrected chi connectivity index (χ4v) is 3.18. The fourth-order valence-electron chi connectivity index (χ4n) is 3.18. The van der Waals surface area contributed by atoms with Gasteiger partial charge in [0.15, 0.2) is 5.78 Å². The van der Waals surface area contributed by atoms with Crippen molar-refractivity contribution in [1.82, 2.24) is 9.88 Å². The molecule has 2 rings (SSSR count). The molecule has 1 fully saturated rings. The largest absolute Gasteiger partial charge is 0.372 e. The maximum absolute atomic E-state index is 12.9. The number of nitrogens with zero attached hydrogens (tertiary/aromatic N) is 1. The first-order chi connectivity index (χ1) is 10.3. The molecule has 22 heavy (non-hydrogen) atoms. The number of carbonyl (C=O) groups is 2. The van der Waals surface area contributed by atoms with Crippen LogP contribution < -0.4 is 0 Å². The predicted octanol–water partition coefficient (Wildman–Crippen LogP) is 2.73. The van der Waals surface area contributed by atoms with E-state index in [0.717, 1.165) is 24.1 Å². The van der Waals surface area contributed by atoms with E-state index < -0.39 is 0 Å². The van der Waals surface area contributed by atoms with Crippen LogP contribution >= 0.6 is 0 Å². The van der Waals surface area contributed by atoms with Crippen LogP contribution in [0.5, 0.6) is 0 Å². The first-order valence-electron chi connectivity index (χ1n) is 7.92. The van der Waals surface area contributed by atoms with Gasteiger partial charge in [0.1, 0.15) is 5.69 Å². The van der Waals surface area contributed by atoms with E-state index in [-0.39, 0.29) is 17.3 Å². The average molecular weight is 306 g/mol. The van der Waals surface area contributed by atoms with Crippen LogP contribution in [0, 0.1) is 6.92 Å². The Morgan fingerprint density at radius 3 is 2.59 bits per heavy atom. The standard InChI is InChI=1S/C17H26N2O3/c1-6-7-13-14(12(3)20)11(2)18-15(13)16(21)19-8-9-22-17(4,5)10-19/h18H,6-10H2,1-5H3. The van der Waals surface area contributed by atoms with Crippen molar-refractivity contribution in [1.29, 1.82) is 0 Å². The zero-order valence-corrected chi connectivity index (χ0v) is 14.2. The van der Waals surface area contributed by atoms with Gasteiger partial charge in [-0.1, -0.05) is 13.3 Å². The number of carbonyl (C=O) groups excluding carboxylic acids is 2. The lowest BCUT2D eigenvalue weighted by molar-refractivity contribution is -0.0765. The van der Waals surface area contributed by atoms with Crippen molar-refractivity contribution >= 4 is 11.7 Å². The van der Waals surface area contributed by atoms with Gasteiger partial charge in [-0.05, 0) is 39.7 Å². The molecule has 5 nitrogen and oxygen atoms in total. The second kappa shape index (κ2) is 6.24. The van der Waals surface area contributed by atoms with Gasteiger partial charge in [0.25, 0.3) is 5.91 Å². The molecule has 0 unspecified atom stereocenters. The maximum atomic E-state index is 12.9. The van der Waals surface area contributed by atoms with Crippen molar-refractivity contribution in [3.63, 3.8) is 0 Å². The number of H-pyrrole nitrogens is 1. The Morgan fingerprint density at radius 2 is 2.05 bits per heavy atom. The minimum absolute atomic E-state index is 0.0126. The zero-order valence-electron chi connectivity index (χ0n) is 14.2. The molecule has 1 aliphatic heterocycles. The Balaban J connectivity index is 2.37. The first-order valence-corrected chi connectivity index (χ1v) is 7.92. The molecule has 1 N–H and O–H groups in total. The van der Waals surface area contributed by atoms with E-state index in [4.69, 9.17) is 4.74 Å². The topological polar surface area (TPSA) is 62.4 Å². The lowest BCUT2D eigenvalue weighted by Crippen LogP contribution is -2.50. The number of aromatic amines is 1. The predicted molar refractivity (Wildman–Crippen MR) is 85.5 cm³/mol. The summed E-state index contributed by atoms with van der Waals surface area (Å²) in [6.45, 7) is 11.1. The SMILES string of the molecule is CCCc1c(C(=O)N2CCOC(C)(C)C2)[nH]c(C)c1C(C)=O. The van der Waals surface area contributed by atoms with Crippen LogP contribution in [-0.4, -0.2) is 46.9 Å². The second-order valence-corrected chi connectivity index (χ2v) is 6.62. The molecule has 1 aromatic heterocycles. The number of nitrogens with one attached hydrogen (secondary N) is 1. The number of hydrogen-bond donors (Lipinski definition) is 1. The van der Waals surface area contributed by atoms with E-state index >= 15 is 0 Å². The number of aromatic nitrogens is 1. The van der Waals surface area contributed by atoms with Crippen LogP contribution in [0.4, 0.5) is 0 Å². The lowest BCUT2D eigenvalue weighted by atomic mass is 10.00. The summed E-state index contributed by atoms with van der Waals surface area (Å²) in [5, 5.41) is 0. The highest BCUT2D eigenvalue weighted by atomic mass is 16.5. The molecule has 122 valence electrons.